The summed E-state index contributed by atoms with van der Waals surface area (Å²) in [4.78, 5) is 25.9. The summed E-state index contributed by atoms with van der Waals surface area (Å²) in [5, 5.41) is 18.4. The minimum absolute atomic E-state index is 0.0550. The van der Waals surface area contributed by atoms with Gasteiger partial charge in [-0.15, -0.1) is 5.10 Å². The molecule has 0 saturated carbocycles. The van der Waals surface area contributed by atoms with Crippen LogP contribution in [0.15, 0.2) is 0 Å². The average molecular weight is 253 g/mol. The van der Waals surface area contributed by atoms with Crippen molar-refractivity contribution in [1.29, 1.82) is 0 Å². The van der Waals surface area contributed by atoms with Crippen LogP contribution in [0.25, 0.3) is 0 Å². The number of hydrogen-bond acceptors (Lipinski definition) is 6. The summed E-state index contributed by atoms with van der Waals surface area (Å²) in [6, 6.07) is -0.911. The molecule has 1 amide bonds. The number of amides is 1. The highest BCUT2D eigenvalue weighted by atomic mass is 16.4. The van der Waals surface area contributed by atoms with Gasteiger partial charge in [0.1, 0.15) is 0 Å². The van der Waals surface area contributed by atoms with E-state index in [0.717, 1.165) is 0 Å². The predicted octanol–water partition coefficient (Wildman–Crippen LogP) is -0.381. The molecule has 0 aromatic carbocycles. The molecule has 0 aliphatic carbocycles. The second-order valence-electron chi connectivity index (χ2n) is 3.83. The summed E-state index contributed by atoms with van der Waals surface area (Å²) >= 11 is 0. The Morgan fingerprint density at radius 3 is 2.56 bits per heavy atom. The number of carboxylic acid groups (broad SMARTS) is 1. The van der Waals surface area contributed by atoms with Crippen LogP contribution < -0.4 is 11.1 Å². The summed E-state index contributed by atoms with van der Waals surface area (Å²) < 4.78 is 0. The molecule has 0 saturated heterocycles. The van der Waals surface area contributed by atoms with Crippen LogP contribution in [0.4, 0.5) is 5.95 Å². The lowest BCUT2D eigenvalue weighted by Crippen LogP contribution is -2.36. The zero-order valence-electron chi connectivity index (χ0n) is 10.2. The molecule has 98 valence electrons. The maximum Gasteiger partial charge on any atom is 0.303 e. The first-order valence-electron chi connectivity index (χ1n) is 5.36. The largest absolute Gasteiger partial charge is 0.481 e. The van der Waals surface area contributed by atoms with Crippen LogP contribution in [-0.4, -0.2) is 38.2 Å². The van der Waals surface area contributed by atoms with Gasteiger partial charge in [0.25, 0.3) is 0 Å². The first kappa shape index (κ1) is 14.0. The van der Waals surface area contributed by atoms with Crippen LogP contribution >= 0.6 is 0 Å². The molecule has 0 bridgehead atoms. The number of aromatic nitrogens is 3. The number of carbonyl (C=O) groups is 2. The lowest BCUT2D eigenvalue weighted by molar-refractivity contribution is -0.137. The molecule has 0 radical (unpaired) electrons. The summed E-state index contributed by atoms with van der Waals surface area (Å²) in [5.74, 6) is -1.46. The maximum atomic E-state index is 11.6. The van der Waals surface area contributed by atoms with Crippen molar-refractivity contribution >= 4 is 17.8 Å². The highest BCUT2D eigenvalue weighted by molar-refractivity contribution is 5.93. The van der Waals surface area contributed by atoms with E-state index in [1.165, 1.54) is 0 Å². The molecule has 1 aromatic rings. The Balaban J connectivity index is 2.58. The molecular weight excluding hydrogens is 238 g/mol. The lowest BCUT2D eigenvalue weighted by atomic mass is 10.1. The number of nitrogens with one attached hydrogen (secondary N) is 1. The number of rotatable bonds is 5. The van der Waals surface area contributed by atoms with Crippen LogP contribution in [0.1, 0.15) is 24.2 Å². The van der Waals surface area contributed by atoms with E-state index in [0.29, 0.717) is 11.4 Å². The first-order chi connectivity index (χ1) is 8.40. The minimum Gasteiger partial charge on any atom is -0.481 e. The van der Waals surface area contributed by atoms with Gasteiger partial charge >= 0.3 is 5.97 Å². The summed E-state index contributed by atoms with van der Waals surface area (Å²) in [6.45, 7) is 3.49. The van der Waals surface area contributed by atoms with Gasteiger partial charge in [-0.3, -0.25) is 14.9 Å². The number of aliphatic carboxylic acids is 1. The Morgan fingerprint density at radius 1 is 1.33 bits per heavy atom. The van der Waals surface area contributed by atoms with Crippen molar-refractivity contribution in [1.82, 2.24) is 15.2 Å². The predicted molar refractivity (Wildman–Crippen MR) is 62.8 cm³/mol. The second-order valence-corrected chi connectivity index (χ2v) is 3.83. The topological polar surface area (TPSA) is 131 Å². The fourth-order valence-corrected chi connectivity index (χ4v) is 1.12. The van der Waals surface area contributed by atoms with Crippen molar-refractivity contribution in [3.8, 4) is 0 Å². The van der Waals surface area contributed by atoms with Crippen molar-refractivity contribution in [3.63, 3.8) is 0 Å². The van der Waals surface area contributed by atoms with Gasteiger partial charge in [0.15, 0.2) is 0 Å². The molecule has 18 heavy (non-hydrogen) atoms. The second kappa shape index (κ2) is 6.01. The Bertz CT molecular complexity index is 463. The molecule has 8 nitrogen and oxygen atoms in total. The van der Waals surface area contributed by atoms with Gasteiger partial charge in [0.05, 0.1) is 17.4 Å². The summed E-state index contributed by atoms with van der Waals surface area (Å²) in [6.07, 6.45) is -0.111. The maximum absolute atomic E-state index is 11.6. The van der Waals surface area contributed by atoms with Gasteiger partial charge in [-0.2, -0.15) is 5.10 Å². The van der Waals surface area contributed by atoms with E-state index in [9.17, 15) is 9.59 Å². The van der Waals surface area contributed by atoms with Crippen LogP contribution in [0.5, 0.6) is 0 Å². The quantitative estimate of drug-likeness (QED) is 0.651. The molecule has 0 aliphatic rings. The molecule has 0 spiro atoms. The fourth-order valence-electron chi connectivity index (χ4n) is 1.12. The number of anilines is 1. The third-order valence-electron chi connectivity index (χ3n) is 2.33. The molecule has 0 aliphatic heterocycles. The molecule has 1 atom stereocenters. The first-order valence-corrected chi connectivity index (χ1v) is 5.36. The number of aryl methyl sites for hydroxylation is 2. The van der Waals surface area contributed by atoms with Crippen LogP contribution in [0.2, 0.25) is 0 Å². The van der Waals surface area contributed by atoms with Gasteiger partial charge in [-0.05, 0) is 20.3 Å². The van der Waals surface area contributed by atoms with Crippen LogP contribution in [0, 0.1) is 13.8 Å². The van der Waals surface area contributed by atoms with Crippen molar-refractivity contribution in [2.45, 2.75) is 32.7 Å². The third kappa shape index (κ3) is 4.06. The molecule has 1 heterocycles. The van der Waals surface area contributed by atoms with E-state index in [4.69, 9.17) is 10.8 Å². The van der Waals surface area contributed by atoms with Gasteiger partial charge in [-0.1, -0.05) is 0 Å². The summed E-state index contributed by atoms with van der Waals surface area (Å²) in [7, 11) is 0. The molecule has 0 fully saturated rings. The Labute approximate surface area is 104 Å². The molecule has 1 aromatic heterocycles. The smallest absolute Gasteiger partial charge is 0.303 e. The Hall–Kier alpha value is -2.09. The zero-order valence-corrected chi connectivity index (χ0v) is 10.2. The number of nitrogens with two attached hydrogens (primary N) is 1. The van der Waals surface area contributed by atoms with Gasteiger partial charge in [0.2, 0.25) is 11.9 Å². The van der Waals surface area contributed by atoms with Gasteiger partial charge in [-0.25, -0.2) is 4.98 Å². The van der Waals surface area contributed by atoms with Gasteiger partial charge < -0.3 is 10.8 Å². The van der Waals surface area contributed by atoms with E-state index in [2.05, 4.69) is 20.5 Å². The van der Waals surface area contributed by atoms with Crippen LogP contribution in [0.3, 0.4) is 0 Å². The van der Waals surface area contributed by atoms with Gasteiger partial charge in [0, 0.05) is 6.42 Å². The minimum atomic E-state index is -0.998. The molecule has 4 N–H and O–H groups in total. The van der Waals surface area contributed by atoms with E-state index in [1.54, 1.807) is 13.8 Å². The summed E-state index contributed by atoms with van der Waals surface area (Å²) in [5.41, 5.74) is 6.85. The average Bonchev–Trinajstić information content (AvgIpc) is 2.30. The van der Waals surface area contributed by atoms with Crippen molar-refractivity contribution in [2.24, 2.45) is 5.73 Å². The van der Waals surface area contributed by atoms with E-state index >= 15 is 0 Å². The molecule has 8 heteroatoms. The molecular formula is C10H15N5O3. The Morgan fingerprint density at radius 2 is 2.00 bits per heavy atom. The fraction of sp³-hybridized carbons (Fsp3) is 0.500. The van der Waals surface area contributed by atoms with Crippen LogP contribution in [-0.2, 0) is 9.59 Å². The highest BCUT2D eigenvalue weighted by Crippen LogP contribution is 2.03. The number of carboxylic acids is 1. The highest BCUT2D eigenvalue weighted by Gasteiger charge is 2.16. The standard InChI is InChI=1S/C10H15N5O3/c1-5-6(2)14-15-10(12-5)13-9(18)7(11)3-4-8(16)17/h7H,3-4,11H2,1-2H3,(H,16,17)(H,12,13,15,18). The monoisotopic (exact) mass is 253 g/mol. The SMILES string of the molecule is Cc1nnc(NC(=O)C(N)CCC(=O)O)nc1C. The molecule has 1 rings (SSSR count). The van der Waals surface area contributed by atoms with E-state index in [-0.39, 0.29) is 18.8 Å². The Kier molecular flexibility index (Phi) is 4.67. The number of carbonyl (C=O) groups excluding carboxylic acids is 1. The normalized spacial score (nSPS) is 11.9. The third-order valence-corrected chi connectivity index (χ3v) is 2.33. The van der Waals surface area contributed by atoms with Crippen molar-refractivity contribution in [2.75, 3.05) is 5.32 Å². The zero-order chi connectivity index (χ0) is 13.7. The number of nitrogens with zero attached hydrogens (tertiary/aromatic N) is 3. The van der Waals surface area contributed by atoms with E-state index < -0.39 is 17.9 Å². The van der Waals surface area contributed by atoms with Crippen molar-refractivity contribution in [3.05, 3.63) is 11.4 Å². The molecule has 1 unspecified atom stereocenters. The van der Waals surface area contributed by atoms with Crippen molar-refractivity contribution < 1.29 is 14.7 Å². The number of hydrogen-bond donors (Lipinski definition) is 3. The van der Waals surface area contributed by atoms with E-state index in [1.807, 2.05) is 0 Å². The lowest BCUT2D eigenvalue weighted by Gasteiger charge is -2.10.